The van der Waals surface area contributed by atoms with Crippen molar-refractivity contribution in [3.63, 3.8) is 0 Å². The first-order valence-electron chi connectivity index (χ1n) is 11.0. The van der Waals surface area contributed by atoms with Gasteiger partial charge in [-0.2, -0.15) is 0 Å². The highest BCUT2D eigenvalue weighted by Crippen LogP contribution is 2.44. The number of methoxy groups -OCH3 is 1. The summed E-state index contributed by atoms with van der Waals surface area (Å²) in [6.07, 6.45) is 4.21. The summed E-state index contributed by atoms with van der Waals surface area (Å²) in [6.45, 7) is 1.00. The van der Waals surface area contributed by atoms with Crippen molar-refractivity contribution in [2.45, 2.75) is 43.5 Å². The molecule has 0 unspecified atom stereocenters. The number of carbonyl (C=O) groups is 1. The predicted octanol–water partition coefficient (Wildman–Crippen LogP) is 4.07. The molecule has 2 saturated carbocycles. The molecule has 0 aliphatic heterocycles. The van der Waals surface area contributed by atoms with Crippen molar-refractivity contribution in [2.24, 2.45) is 11.8 Å². The Balaban J connectivity index is 1.72. The minimum Gasteiger partial charge on any atom is -0.495 e. The monoisotopic (exact) mass is 507 g/mol. The van der Waals surface area contributed by atoms with Crippen LogP contribution in [0.1, 0.15) is 31.2 Å². The Labute approximate surface area is 203 Å². The standard InChI is InChI=1S/C23H26ClN3O6S/c1-14-3-7-18(12-20(14)27(29)30)34(31,32)26(21-11-17(24)6-8-22(21)33-2)13-23(28)25-19-10-15-4-5-16(19)9-15/h3,6-8,11-12,15-16,19H,4-5,9-10,13H2,1-2H3,(H,25,28)/t15-,16-,19+/m1/s1. The molecule has 182 valence electrons. The van der Waals surface area contributed by atoms with E-state index in [1.165, 1.54) is 44.7 Å². The van der Waals surface area contributed by atoms with Gasteiger partial charge >= 0.3 is 0 Å². The van der Waals surface area contributed by atoms with Crippen molar-refractivity contribution in [1.82, 2.24) is 5.32 Å². The van der Waals surface area contributed by atoms with Crippen LogP contribution in [-0.2, 0) is 14.8 Å². The van der Waals surface area contributed by atoms with Crippen LogP contribution in [0.4, 0.5) is 11.4 Å². The molecule has 2 aliphatic carbocycles. The molecule has 11 heteroatoms. The van der Waals surface area contributed by atoms with Gasteiger partial charge in [0.2, 0.25) is 5.91 Å². The highest BCUT2D eigenvalue weighted by atomic mass is 35.5. The highest BCUT2D eigenvalue weighted by molar-refractivity contribution is 7.92. The number of nitrogens with zero attached hydrogens (tertiary/aromatic N) is 2. The summed E-state index contributed by atoms with van der Waals surface area (Å²) >= 11 is 6.15. The third kappa shape index (κ3) is 4.69. The van der Waals surface area contributed by atoms with Gasteiger partial charge in [-0.05, 0) is 62.3 Å². The van der Waals surface area contributed by atoms with Gasteiger partial charge in [-0.25, -0.2) is 8.42 Å². The Morgan fingerprint density at radius 1 is 1.24 bits per heavy atom. The lowest BCUT2D eigenvalue weighted by Crippen LogP contribution is -2.46. The normalized spacial score (nSPS) is 21.3. The molecule has 1 N–H and O–H groups in total. The zero-order valence-corrected chi connectivity index (χ0v) is 20.4. The molecule has 4 rings (SSSR count). The molecular weight excluding hydrogens is 482 g/mol. The maximum atomic E-state index is 13.7. The van der Waals surface area contributed by atoms with Gasteiger partial charge in [-0.3, -0.25) is 19.2 Å². The molecule has 2 bridgehead atoms. The minimum absolute atomic E-state index is 0.0255. The second kappa shape index (κ2) is 9.42. The number of ether oxygens (including phenoxy) is 1. The summed E-state index contributed by atoms with van der Waals surface area (Å²) in [6, 6.07) is 8.13. The molecule has 2 aliphatic rings. The maximum Gasteiger partial charge on any atom is 0.273 e. The van der Waals surface area contributed by atoms with Crippen LogP contribution in [0.5, 0.6) is 5.75 Å². The fourth-order valence-electron chi connectivity index (χ4n) is 5.04. The third-order valence-corrected chi connectivity index (χ3v) is 8.74. The highest BCUT2D eigenvalue weighted by Gasteiger charge is 2.40. The molecule has 0 spiro atoms. The molecule has 2 fully saturated rings. The average molecular weight is 508 g/mol. The van der Waals surface area contributed by atoms with Crippen LogP contribution in [0.15, 0.2) is 41.3 Å². The third-order valence-electron chi connectivity index (χ3n) is 6.75. The molecule has 2 aromatic rings. The van der Waals surface area contributed by atoms with E-state index >= 15 is 0 Å². The number of sulfonamides is 1. The second-order valence-electron chi connectivity index (χ2n) is 8.88. The first-order chi connectivity index (χ1) is 16.1. The van der Waals surface area contributed by atoms with Crippen molar-refractivity contribution in [2.75, 3.05) is 18.0 Å². The van der Waals surface area contributed by atoms with E-state index in [4.69, 9.17) is 16.3 Å². The molecule has 3 atom stereocenters. The number of amides is 1. The van der Waals surface area contributed by atoms with Crippen LogP contribution in [0.25, 0.3) is 0 Å². The molecule has 9 nitrogen and oxygen atoms in total. The molecule has 0 saturated heterocycles. The number of benzene rings is 2. The summed E-state index contributed by atoms with van der Waals surface area (Å²) in [5, 5.41) is 14.7. The summed E-state index contributed by atoms with van der Waals surface area (Å²) in [4.78, 5) is 23.5. The Kier molecular flexibility index (Phi) is 6.73. The lowest BCUT2D eigenvalue weighted by molar-refractivity contribution is -0.385. The van der Waals surface area contributed by atoms with Crippen LogP contribution >= 0.6 is 11.6 Å². The number of nitrogens with one attached hydrogen (secondary N) is 1. The number of anilines is 1. The van der Waals surface area contributed by atoms with E-state index in [1.54, 1.807) is 6.07 Å². The van der Waals surface area contributed by atoms with Crippen molar-refractivity contribution >= 4 is 38.9 Å². The summed E-state index contributed by atoms with van der Waals surface area (Å²) in [7, 11) is -3.01. The lowest BCUT2D eigenvalue weighted by Gasteiger charge is -2.28. The predicted molar refractivity (Wildman–Crippen MR) is 128 cm³/mol. The summed E-state index contributed by atoms with van der Waals surface area (Å²) < 4.78 is 33.7. The number of halogens is 1. The second-order valence-corrected chi connectivity index (χ2v) is 11.2. The Bertz CT molecular complexity index is 1240. The van der Waals surface area contributed by atoms with Crippen molar-refractivity contribution in [1.29, 1.82) is 0 Å². The van der Waals surface area contributed by atoms with E-state index < -0.39 is 27.4 Å². The van der Waals surface area contributed by atoms with E-state index in [2.05, 4.69) is 5.32 Å². The van der Waals surface area contributed by atoms with Crippen LogP contribution in [-0.4, -0.2) is 38.9 Å². The molecular formula is C23H26ClN3O6S. The van der Waals surface area contributed by atoms with Crippen LogP contribution in [0.2, 0.25) is 5.02 Å². The van der Waals surface area contributed by atoms with Gasteiger partial charge in [0.1, 0.15) is 12.3 Å². The number of fused-ring (bicyclic) bond motifs is 2. The maximum absolute atomic E-state index is 13.7. The van der Waals surface area contributed by atoms with Gasteiger partial charge < -0.3 is 10.1 Å². The van der Waals surface area contributed by atoms with Crippen LogP contribution < -0.4 is 14.4 Å². The summed E-state index contributed by atoms with van der Waals surface area (Å²) in [5.41, 5.74) is 0.0664. The average Bonchev–Trinajstić information content (AvgIpc) is 3.40. The van der Waals surface area contributed by atoms with Crippen LogP contribution in [0, 0.1) is 28.9 Å². The number of rotatable bonds is 8. The number of nitro groups is 1. The number of aryl methyl sites for hydroxylation is 1. The number of carbonyl (C=O) groups excluding carboxylic acids is 1. The van der Waals surface area contributed by atoms with Gasteiger partial charge in [-0.1, -0.05) is 24.1 Å². The zero-order chi connectivity index (χ0) is 24.6. The van der Waals surface area contributed by atoms with E-state index in [1.807, 2.05) is 0 Å². The quantitative estimate of drug-likeness (QED) is 0.425. The van der Waals surface area contributed by atoms with Crippen LogP contribution in [0.3, 0.4) is 0 Å². The lowest BCUT2D eigenvalue weighted by atomic mass is 9.95. The number of hydrogen-bond acceptors (Lipinski definition) is 6. The molecule has 0 heterocycles. The van der Waals surface area contributed by atoms with Gasteiger partial charge in [0.05, 0.1) is 22.6 Å². The fraction of sp³-hybridized carbons (Fsp3) is 0.435. The smallest absolute Gasteiger partial charge is 0.273 e. The summed E-state index contributed by atoms with van der Waals surface area (Å²) in [5.74, 6) is 0.766. The molecule has 34 heavy (non-hydrogen) atoms. The van der Waals surface area contributed by atoms with E-state index in [9.17, 15) is 23.3 Å². The number of nitro benzene ring substituents is 1. The van der Waals surface area contributed by atoms with Gasteiger partial charge in [0.15, 0.2) is 0 Å². The van der Waals surface area contributed by atoms with Crippen molar-refractivity contribution < 1.29 is 22.9 Å². The Morgan fingerprint density at radius 2 is 2.00 bits per heavy atom. The van der Waals surface area contributed by atoms with E-state index in [0.29, 0.717) is 17.4 Å². The van der Waals surface area contributed by atoms with Crippen molar-refractivity contribution in [3.05, 3.63) is 57.1 Å². The topological polar surface area (TPSA) is 119 Å². The van der Waals surface area contributed by atoms with Gasteiger partial charge in [0.25, 0.3) is 15.7 Å². The Morgan fingerprint density at radius 3 is 2.62 bits per heavy atom. The SMILES string of the molecule is COc1ccc(Cl)cc1N(CC(=O)N[C@H]1C[C@@H]2CC[C@@H]1C2)S(=O)(=O)c1ccc(C)c([N+](=O)[O-])c1. The molecule has 0 radical (unpaired) electrons. The van der Waals surface area contributed by atoms with E-state index in [0.717, 1.165) is 29.6 Å². The van der Waals surface area contributed by atoms with E-state index in [-0.39, 0.29) is 33.1 Å². The molecule has 1 amide bonds. The van der Waals surface area contributed by atoms with Gasteiger partial charge in [-0.15, -0.1) is 0 Å². The molecule has 0 aromatic heterocycles. The number of hydrogen-bond donors (Lipinski definition) is 1. The molecule has 2 aromatic carbocycles. The minimum atomic E-state index is -4.39. The fourth-order valence-corrected chi connectivity index (χ4v) is 6.65. The largest absolute Gasteiger partial charge is 0.495 e. The zero-order valence-electron chi connectivity index (χ0n) is 18.9. The Hall–Kier alpha value is -2.85. The first-order valence-corrected chi connectivity index (χ1v) is 12.8. The first kappa shape index (κ1) is 24.3. The van der Waals surface area contributed by atoms with Crippen molar-refractivity contribution in [3.8, 4) is 5.75 Å². The van der Waals surface area contributed by atoms with Gasteiger partial charge in [0, 0.05) is 22.7 Å².